The van der Waals surface area contributed by atoms with Crippen LogP contribution in [0.3, 0.4) is 0 Å². The van der Waals surface area contributed by atoms with Crippen molar-refractivity contribution in [2.75, 3.05) is 13.1 Å². The SMILES string of the molecule is NC(N)=NCCC[C@H](NC(=O)[C@@H](N)CC(=O)O)C(=O)N1CCC[C@@H]1C(=O)O. The molecule has 0 radical (unpaired) electrons. The topological polar surface area (TPSA) is 214 Å². The summed E-state index contributed by atoms with van der Waals surface area (Å²) in [7, 11) is 0. The molecule has 0 aromatic heterocycles. The highest BCUT2D eigenvalue weighted by atomic mass is 16.4. The van der Waals surface area contributed by atoms with Crippen LogP contribution in [0.4, 0.5) is 0 Å². The first-order valence-electron chi connectivity index (χ1n) is 8.50. The van der Waals surface area contributed by atoms with Gasteiger partial charge in [0.05, 0.1) is 12.5 Å². The number of guanidine groups is 1. The number of nitrogens with one attached hydrogen (secondary N) is 1. The number of aliphatic carboxylic acids is 2. The maximum absolute atomic E-state index is 12.8. The van der Waals surface area contributed by atoms with Gasteiger partial charge in [-0.15, -0.1) is 0 Å². The Balaban J connectivity index is 2.84. The Bertz CT molecular complexity index is 606. The molecular formula is C15H26N6O6. The lowest BCUT2D eigenvalue weighted by atomic mass is 10.1. The molecular weight excluding hydrogens is 360 g/mol. The van der Waals surface area contributed by atoms with Gasteiger partial charge in [-0.25, -0.2) is 4.79 Å². The average molecular weight is 386 g/mol. The zero-order chi connectivity index (χ0) is 20.6. The second-order valence-corrected chi connectivity index (χ2v) is 6.24. The van der Waals surface area contributed by atoms with Crippen LogP contribution in [-0.4, -0.2) is 76.0 Å². The van der Waals surface area contributed by atoms with Gasteiger partial charge in [0.1, 0.15) is 12.1 Å². The molecule has 12 nitrogen and oxygen atoms in total. The number of amides is 2. The second-order valence-electron chi connectivity index (χ2n) is 6.24. The number of aliphatic imine (C=N–C) groups is 1. The fourth-order valence-corrected chi connectivity index (χ4v) is 2.81. The summed E-state index contributed by atoms with van der Waals surface area (Å²) in [6, 6.07) is -3.34. The third-order valence-electron chi connectivity index (χ3n) is 4.11. The van der Waals surface area contributed by atoms with E-state index in [1.165, 1.54) is 4.90 Å². The molecule has 3 atom stereocenters. The number of hydrogen-bond acceptors (Lipinski definition) is 6. The van der Waals surface area contributed by atoms with Crippen molar-refractivity contribution in [3.05, 3.63) is 0 Å². The zero-order valence-electron chi connectivity index (χ0n) is 14.8. The van der Waals surface area contributed by atoms with Gasteiger partial charge in [-0.05, 0) is 25.7 Å². The van der Waals surface area contributed by atoms with Crippen LogP contribution in [0.2, 0.25) is 0 Å². The Labute approximate surface area is 155 Å². The molecule has 1 heterocycles. The molecule has 0 unspecified atom stereocenters. The van der Waals surface area contributed by atoms with E-state index >= 15 is 0 Å². The second kappa shape index (κ2) is 10.3. The highest BCUT2D eigenvalue weighted by Crippen LogP contribution is 2.19. The molecule has 0 saturated carbocycles. The summed E-state index contributed by atoms with van der Waals surface area (Å²) in [6.45, 7) is 0.475. The molecule has 0 aromatic rings. The van der Waals surface area contributed by atoms with Gasteiger partial charge in [-0.3, -0.25) is 19.4 Å². The van der Waals surface area contributed by atoms with E-state index in [0.29, 0.717) is 19.3 Å². The van der Waals surface area contributed by atoms with Gasteiger partial charge in [0.15, 0.2) is 5.96 Å². The highest BCUT2D eigenvalue weighted by Gasteiger charge is 2.37. The number of carboxylic acids is 2. The summed E-state index contributed by atoms with van der Waals surface area (Å²) in [5.41, 5.74) is 16.0. The fraction of sp³-hybridized carbons (Fsp3) is 0.667. The first-order chi connectivity index (χ1) is 12.6. The van der Waals surface area contributed by atoms with Gasteiger partial charge in [0, 0.05) is 13.1 Å². The molecule has 9 N–H and O–H groups in total. The van der Waals surface area contributed by atoms with E-state index < -0.39 is 48.3 Å². The molecule has 0 aromatic carbocycles. The lowest BCUT2D eigenvalue weighted by Gasteiger charge is -2.28. The highest BCUT2D eigenvalue weighted by molar-refractivity contribution is 5.93. The van der Waals surface area contributed by atoms with E-state index in [0.717, 1.165) is 0 Å². The van der Waals surface area contributed by atoms with E-state index in [1.807, 2.05) is 0 Å². The smallest absolute Gasteiger partial charge is 0.326 e. The van der Waals surface area contributed by atoms with E-state index in [1.54, 1.807) is 0 Å². The zero-order valence-corrected chi connectivity index (χ0v) is 14.8. The number of carboxylic acid groups (broad SMARTS) is 2. The molecule has 1 saturated heterocycles. The summed E-state index contributed by atoms with van der Waals surface area (Å²) < 4.78 is 0. The van der Waals surface area contributed by atoms with Crippen LogP contribution in [0.15, 0.2) is 4.99 Å². The Kier molecular flexibility index (Phi) is 8.45. The number of hydrogen-bond donors (Lipinski definition) is 6. The van der Waals surface area contributed by atoms with Gasteiger partial charge >= 0.3 is 11.9 Å². The molecule has 27 heavy (non-hydrogen) atoms. The van der Waals surface area contributed by atoms with Crippen LogP contribution in [0, 0.1) is 0 Å². The molecule has 1 fully saturated rings. The van der Waals surface area contributed by atoms with Crippen molar-refractivity contribution in [2.24, 2.45) is 22.2 Å². The van der Waals surface area contributed by atoms with Crippen LogP contribution in [0.1, 0.15) is 32.1 Å². The Morgan fingerprint density at radius 2 is 1.89 bits per heavy atom. The number of nitrogens with zero attached hydrogens (tertiary/aromatic N) is 2. The number of carbonyl (C=O) groups excluding carboxylic acids is 2. The van der Waals surface area contributed by atoms with Crippen LogP contribution in [0.25, 0.3) is 0 Å². The average Bonchev–Trinajstić information content (AvgIpc) is 3.05. The van der Waals surface area contributed by atoms with Crippen molar-refractivity contribution < 1.29 is 29.4 Å². The monoisotopic (exact) mass is 386 g/mol. The molecule has 152 valence electrons. The third-order valence-corrected chi connectivity index (χ3v) is 4.11. The Hall–Kier alpha value is -2.89. The van der Waals surface area contributed by atoms with Gasteiger partial charge in [-0.1, -0.05) is 0 Å². The van der Waals surface area contributed by atoms with Crippen molar-refractivity contribution in [3.8, 4) is 0 Å². The number of carbonyl (C=O) groups is 4. The Morgan fingerprint density at radius 3 is 2.44 bits per heavy atom. The predicted octanol–water partition coefficient (Wildman–Crippen LogP) is -2.60. The largest absolute Gasteiger partial charge is 0.481 e. The maximum atomic E-state index is 12.8. The quantitative estimate of drug-likeness (QED) is 0.132. The van der Waals surface area contributed by atoms with Crippen molar-refractivity contribution in [2.45, 2.75) is 50.2 Å². The van der Waals surface area contributed by atoms with Crippen molar-refractivity contribution in [1.29, 1.82) is 0 Å². The minimum absolute atomic E-state index is 0.115. The first kappa shape index (κ1) is 22.2. The predicted molar refractivity (Wildman–Crippen MR) is 94.4 cm³/mol. The van der Waals surface area contributed by atoms with Gasteiger partial charge < -0.3 is 37.6 Å². The van der Waals surface area contributed by atoms with Crippen molar-refractivity contribution >= 4 is 29.7 Å². The lowest BCUT2D eigenvalue weighted by Crippen LogP contribution is -2.54. The maximum Gasteiger partial charge on any atom is 0.326 e. The number of likely N-dealkylation sites (tertiary alicyclic amines) is 1. The van der Waals surface area contributed by atoms with Crippen LogP contribution in [0.5, 0.6) is 0 Å². The van der Waals surface area contributed by atoms with Crippen molar-refractivity contribution in [3.63, 3.8) is 0 Å². The van der Waals surface area contributed by atoms with Crippen LogP contribution >= 0.6 is 0 Å². The van der Waals surface area contributed by atoms with Gasteiger partial charge in [-0.2, -0.15) is 0 Å². The fourth-order valence-electron chi connectivity index (χ4n) is 2.81. The first-order valence-corrected chi connectivity index (χ1v) is 8.50. The number of nitrogens with two attached hydrogens (primary N) is 3. The molecule has 2 amide bonds. The van der Waals surface area contributed by atoms with Gasteiger partial charge in [0.25, 0.3) is 0 Å². The van der Waals surface area contributed by atoms with E-state index in [2.05, 4.69) is 10.3 Å². The molecule has 0 spiro atoms. The van der Waals surface area contributed by atoms with Crippen LogP contribution in [-0.2, 0) is 19.2 Å². The molecule has 0 aliphatic carbocycles. The minimum Gasteiger partial charge on any atom is -0.481 e. The molecule has 0 bridgehead atoms. The summed E-state index contributed by atoms with van der Waals surface area (Å²) in [5, 5.41) is 20.4. The van der Waals surface area contributed by atoms with E-state index in [9.17, 15) is 24.3 Å². The molecule has 1 rings (SSSR count). The molecule has 1 aliphatic rings. The minimum atomic E-state index is -1.33. The summed E-state index contributed by atoms with van der Waals surface area (Å²) in [5.74, 6) is -3.84. The summed E-state index contributed by atoms with van der Waals surface area (Å²) in [6.07, 6.45) is 0.755. The standard InChI is InChI=1S/C15H26N6O6/c16-8(7-11(22)23)12(24)20-9(3-1-5-19-15(17)18)13(25)21-6-2-4-10(21)14(26)27/h8-10H,1-7,16H2,(H,20,24)(H,22,23)(H,26,27)(H4,17,18,19)/t8-,9-,10+/m0/s1. The molecule has 1 aliphatic heterocycles. The Morgan fingerprint density at radius 1 is 1.22 bits per heavy atom. The van der Waals surface area contributed by atoms with E-state index in [-0.39, 0.29) is 25.5 Å². The van der Waals surface area contributed by atoms with Crippen molar-refractivity contribution in [1.82, 2.24) is 10.2 Å². The molecule has 12 heteroatoms. The summed E-state index contributed by atoms with van der Waals surface area (Å²) >= 11 is 0. The summed E-state index contributed by atoms with van der Waals surface area (Å²) in [4.78, 5) is 51.9. The van der Waals surface area contributed by atoms with Gasteiger partial charge in [0.2, 0.25) is 11.8 Å². The van der Waals surface area contributed by atoms with Crippen LogP contribution < -0.4 is 22.5 Å². The number of rotatable bonds is 10. The normalized spacial score (nSPS) is 18.4. The van der Waals surface area contributed by atoms with E-state index in [4.69, 9.17) is 22.3 Å². The lowest BCUT2D eigenvalue weighted by molar-refractivity contribution is -0.149. The third kappa shape index (κ3) is 7.09.